The minimum atomic E-state index is -0.184. The fraction of sp³-hybridized carbons (Fsp3) is 0.278. The summed E-state index contributed by atoms with van der Waals surface area (Å²) in [5, 5.41) is 5.46. The molecule has 25 heavy (non-hydrogen) atoms. The molecule has 7 heteroatoms. The molecule has 0 bridgehead atoms. The van der Waals surface area contributed by atoms with E-state index in [1.807, 2.05) is 25.1 Å². The molecule has 130 valence electrons. The summed E-state index contributed by atoms with van der Waals surface area (Å²) in [6, 6.07) is 9.64. The third-order valence-electron chi connectivity index (χ3n) is 3.76. The van der Waals surface area contributed by atoms with Crippen molar-refractivity contribution in [2.24, 2.45) is 0 Å². The van der Waals surface area contributed by atoms with Gasteiger partial charge in [0.05, 0.1) is 17.2 Å². The van der Waals surface area contributed by atoms with Gasteiger partial charge in [-0.25, -0.2) is 4.98 Å². The molecule has 0 spiro atoms. The summed E-state index contributed by atoms with van der Waals surface area (Å²) < 4.78 is 1.36. The number of nitrogens with zero attached hydrogens (tertiary/aromatic N) is 2. The van der Waals surface area contributed by atoms with E-state index in [4.69, 9.17) is 0 Å². The average Bonchev–Trinajstić information content (AvgIpc) is 3.11. The quantitative estimate of drug-likeness (QED) is 0.647. The Balaban J connectivity index is 1.52. The van der Waals surface area contributed by atoms with Crippen LogP contribution in [0.1, 0.15) is 10.4 Å². The van der Waals surface area contributed by atoms with E-state index in [2.05, 4.69) is 21.7 Å². The van der Waals surface area contributed by atoms with Crippen molar-refractivity contribution in [3.8, 4) is 0 Å². The Hall–Kier alpha value is -2.12. The van der Waals surface area contributed by atoms with E-state index in [1.165, 1.54) is 15.8 Å². The van der Waals surface area contributed by atoms with Crippen molar-refractivity contribution in [2.45, 2.75) is 19.2 Å². The third-order valence-corrected chi connectivity index (χ3v) is 5.83. The lowest BCUT2D eigenvalue weighted by molar-refractivity contribution is -0.121. The molecule has 0 unspecified atom stereocenters. The first-order chi connectivity index (χ1) is 12.1. The van der Waals surface area contributed by atoms with Crippen LogP contribution in [0.3, 0.4) is 0 Å². The number of fused-ring (bicyclic) bond motifs is 1. The number of carbonyl (C=O) groups excluding carboxylic acids is 1. The van der Waals surface area contributed by atoms with Crippen LogP contribution in [0.5, 0.6) is 0 Å². The number of nitrogens with one attached hydrogen (secondary N) is 1. The van der Waals surface area contributed by atoms with E-state index in [1.54, 1.807) is 29.2 Å². The Morgan fingerprint density at radius 1 is 1.32 bits per heavy atom. The molecule has 0 atom stereocenters. The number of para-hydroxylation sites is 1. The van der Waals surface area contributed by atoms with Gasteiger partial charge in [-0.05, 0) is 30.0 Å². The summed E-state index contributed by atoms with van der Waals surface area (Å²) in [4.78, 5) is 30.2. The molecule has 0 saturated carbocycles. The minimum absolute atomic E-state index is 0.00862. The van der Waals surface area contributed by atoms with Gasteiger partial charge in [-0.3, -0.25) is 14.2 Å². The molecule has 2 aromatic heterocycles. The highest BCUT2D eigenvalue weighted by Crippen LogP contribution is 2.16. The molecule has 1 N–H and O–H groups in total. The average molecular weight is 374 g/mol. The number of thiophene rings is 1. The molecular formula is C18H19N3O2S2. The minimum Gasteiger partial charge on any atom is -0.354 e. The van der Waals surface area contributed by atoms with Crippen molar-refractivity contribution >= 4 is 39.9 Å². The van der Waals surface area contributed by atoms with Crippen LogP contribution < -0.4 is 10.9 Å². The standard InChI is InChI=1S/C18H19N3O2S2/c1-13-4-2-6-15-17(13)20-12-21(18(15)23)10-16(22)19-7-9-24-11-14-5-3-8-25-14/h2-6,8,12H,7,9-11H2,1H3,(H,19,22). The number of hydrogen-bond acceptors (Lipinski definition) is 5. The number of aryl methyl sites for hydroxylation is 1. The summed E-state index contributed by atoms with van der Waals surface area (Å²) in [5.41, 5.74) is 1.46. The Bertz CT molecular complexity index is 920. The lowest BCUT2D eigenvalue weighted by Gasteiger charge is -2.08. The van der Waals surface area contributed by atoms with Crippen molar-refractivity contribution in [1.29, 1.82) is 0 Å². The van der Waals surface area contributed by atoms with Crippen molar-refractivity contribution in [3.05, 3.63) is 62.8 Å². The monoisotopic (exact) mass is 373 g/mol. The highest BCUT2D eigenvalue weighted by atomic mass is 32.2. The molecule has 0 saturated heterocycles. The lowest BCUT2D eigenvalue weighted by Crippen LogP contribution is -2.33. The second-order valence-corrected chi connectivity index (χ2v) is 7.77. The van der Waals surface area contributed by atoms with Crippen molar-refractivity contribution < 1.29 is 4.79 Å². The molecule has 5 nitrogen and oxygen atoms in total. The summed E-state index contributed by atoms with van der Waals surface area (Å²) in [5.74, 6) is 1.63. The van der Waals surface area contributed by atoms with Gasteiger partial charge in [0, 0.05) is 22.9 Å². The molecule has 3 aromatic rings. The van der Waals surface area contributed by atoms with Crippen molar-refractivity contribution in [3.63, 3.8) is 0 Å². The number of aromatic nitrogens is 2. The summed E-state index contributed by atoms with van der Waals surface area (Å²) in [7, 11) is 0. The van der Waals surface area contributed by atoms with Crippen molar-refractivity contribution in [1.82, 2.24) is 14.9 Å². The molecule has 2 heterocycles. The zero-order valence-electron chi connectivity index (χ0n) is 13.9. The molecule has 3 rings (SSSR count). The Morgan fingerprint density at radius 3 is 3.00 bits per heavy atom. The topological polar surface area (TPSA) is 64.0 Å². The van der Waals surface area contributed by atoms with Crippen LogP contribution in [0.2, 0.25) is 0 Å². The van der Waals surface area contributed by atoms with Crippen LogP contribution in [-0.4, -0.2) is 27.8 Å². The molecule has 0 radical (unpaired) electrons. The molecule has 0 aliphatic heterocycles. The van der Waals surface area contributed by atoms with Gasteiger partial charge in [-0.2, -0.15) is 11.8 Å². The highest BCUT2D eigenvalue weighted by molar-refractivity contribution is 7.98. The number of amides is 1. The Kier molecular flexibility index (Phi) is 5.88. The van der Waals surface area contributed by atoms with Gasteiger partial charge in [-0.1, -0.05) is 18.2 Å². The van der Waals surface area contributed by atoms with Gasteiger partial charge < -0.3 is 5.32 Å². The van der Waals surface area contributed by atoms with Gasteiger partial charge in [0.2, 0.25) is 5.91 Å². The van der Waals surface area contributed by atoms with E-state index >= 15 is 0 Å². The van der Waals surface area contributed by atoms with Crippen LogP contribution in [-0.2, 0) is 17.1 Å². The fourth-order valence-electron chi connectivity index (χ4n) is 2.49. The fourth-order valence-corrected chi connectivity index (χ4v) is 4.19. The predicted molar refractivity (Wildman–Crippen MR) is 104 cm³/mol. The van der Waals surface area contributed by atoms with Crippen molar-refractivity contribution in [2.75, 3.05) is 12.3 Å². The van der Waals surface area contributed by atoms with Gasteiger partial charge in [-0.15, -0.1) is 11.3 Å². The van der Waals surface area contributed by atoms with E-state index in [9.17, 15) is 9.59 Å². The van der Waals surface area contributed by atoms with E-state index in [0.29, 0.717) is 17.4 Å². The highest BCUT2D eigenvalue weighted by Gasteiger charge is 2.09. The molecular weight excluding hydrogens is 354 g/mol. The Labute approximate surface area is 154 Å². The van der Waals surface area contributed by atoms with Crippen LogP contribution in [0.15, 0.2) is 46.8 Å². The number of hydrogen-bond donors (Lipinski definition) is 1. The first-order valence-electron chi connectivity index (χ1n) is 7.97. The maximum atomic E-state index is 12.5. The van der Waals surface area contributed by atoms with E-state index in [0.717, 1.165) is 17.1 Å². The maximum Gasteiger partial charge on any atom is 0.261 e. The maximum absolute atomic E-state index is 12.5. The molecule has 0 fully saturated rings. The number of thioether (sulfide) groups is 1. The van der Waals surface area contributed by atoms with Crippen LogP contribution >= 0.6 is 23.1 Å². The second-order valence-electron chi connectivity index (χ2n) is 5.63. The number of benzene rings is 1. The first-order valence-corrected chi connectivity index (χ1v) is 10.00. The summed E-state index contributed by atoms with van der Waals surface area (Å²) in [6.07, 6.45) is 1.45. The number of rotatable bonds is 7. The molecule has 1 aromatic carbocycles. The normalized spacial score (nSPS) is 10.9. The molecule has 0 aliphatic carbocycles. The largest absolute Gasteiger partial charge is 0.354 e. The van der Waals surface area contributed by atoms with Gasteiger partial charge in [0.25, 0.3) is 5.56 Å². The van der Waals surface area contributed by atoms with Crippen LogP contribution in [0, 0.1) is 6.92 Å². The predicted octanol–water partition coefficient (Wildman–Crippen LogP) is 2.82. The van der Waals surface area contributed by atoms with Gasteiger partial charge >= 0.3 is 0 Å². The summed E-state index contributed by atoms with van der Waals surface area (Å²) in [6.45, 7) is 2.49. The molecule has 1 amide bonds. The zero-order chi connectivity index (χ0) is 17.6. The van der Waals surface area contributed by atoms with E-state index in [-0.39, 0.29) is 18.0 Å². The SMILES string of the molecule is Cc1cccc2c(=O)n(CC(=O)NCCSCc3cccs3)cnc12. The van der Waals surface area contributed by atoms with Crippen LogP contribution in [0.4, 0.5) is 0 Å². The first kappa shape index (κ1) is 17.7. The van der Waals surface area contributed by atoms with Gasteiger partial charge in [0.1, 0.15) is 6.54 Å². The van der Waals surface area contributed by atoms with E-state index < -0.39 is 0 Å². The smallest absolute Gasteiger partial charge is 0.261 e. The second kappa shape index (κ2) is 8.31. The Morgan fingerprint density at radius 2 is 2.20 bits per heavy atom. The molecule has 0 aliphatic rings. The van der Waals surface area contributed by atoms with Gasteiger partial charge in [0.15, 0.2) is 0 Å². The van der Waals surface area contributed by atoms with Crippen LogP contribution in [0.25, 0.3) is 10.9 Å². The lowest BCUT2D eigenvalue weighted by atomic mass is 10.1. The number of carbonyl (C=O) groups is 1. The summed E-state index contributed by atoms with van der Waals surface area (Å²) >= 11 is 3.52. The third kappa shape index (κ3) is 4.49. The zero-order valence-corrected chi connectivity index (χ0v) is 15.5.